The van der Waals surface area contributed by atoms with E-state index in [1.165, 1.54) is 5.56 Å². The highest BCUT2D eigenvalue weighted by Gasteiger charge is 2.09. The standard InChI is InChI=1S/C16H17Cl2N/c1-2-16(12-6-4-3-5-7-12)19-11-13-8-9-14(17)10-15(13)18/h3-10,16,19H,2,11H2,1H3. The van der Waals surface area contributed by atoms with Gasteiger partial charge in [0, 0.05) is 22.6 Å². The van der Waals surface area contributed by atoms with Crippen LogP contribution in [0, 0.1) is 0 Å². The minimum atomic E-state index is 0.341. The Balaban J connectivity index is 2.04. The van der Waals surface area contributed by atoms with Crippen LogP contribution in [0.15, 0.2) is 48.5 Å². The van der Waals surface area contributed by atoms with Gasteiger partial charge >= 0.3 is 0 Å². The van der Waals surface area contributed by atoms with E-state index in [0.29, 0.717) is 16.1 Å². The number of benzene rings is 2. The molecule has 1 atom stereocenters. The molecular formula is C16H17Cl2N. The summed E-state index contributed by atoms with van der Waals surface area (Å²) in [7, 11) is 0. The molecule has 1 unspecified atom stereocenters. The van der Waals surface area contributed by atoms with E-state index >= 15 is 0 Å². The summed E-state index contributed by atoms with van der Waals surface area (Å²) in [4.78, 5) is 0. The second-order valence-corrected chi connectivity index (χ2v) is 5.33. The third-order valence-electron chi connectivity index (χ3n) is 3.16. The molecule has 0 spiro atoms. The van der Waals surface area contributed by atoms with Gasteiger partial charge in [0.2, 0.25) is 0 Å². The van der Waals surface area contributed by atoms with Crippen molar-refractivity contribution >= 4 is 23.2 Å². The van der Waals surface area contributed by atoms with Crippen LogP contribution in [0.1, 0.15) is 30.5 Å². The zero-order chi connectivity index (χ0) is 13.7. The van der Waals surface area contributed by atoms with Crippen LogP contribution in [-0.4, -0.2) is 0 Å². The van der Waals surface area contributed by atoms with E-state index < -0.39 is 0 Å². The SMILES string of the molecule is CCC(NCc1ccc(Cl)cc1Cl)c1ccccc1. The Morgan fingerprint density at radius 1 is 1.05 bits per heavy atom. The summed E-state index contributed by atoms with van der Waals surface area (Å²) < 4.78 is 0. The van der Waals surface area contributed by atoms with E-state index in [-0.39, 0.29) is 0 Å². The average Bonchev–Trinajstić information content (AvgIpc) is 2.43. The molecule has 1 nitrogen and oxygen atoms in total. The molecule has 0 aliphatic heterocycles. The van der Waals surface area contributed by atoms with Crippen LogP contribution in [0.3, 0.4) is 0 Å². The van der Waals surface area contributed by atoms with Gasteiger partial charge in [-0.15, -0.1) is 0 Å². The molecule has 2 aromatic carbocycles. The molecule has 0 radical (unpaired) electrons. The summed E-state index contributed by atoms with van der Waals surface area (Å²) in [6.07, 6.45) is 1.04. The fraction of sp³-hybridized carbons (Fsp3) is 0.250. The normalized spacial score (nSPS) is 12.4. The smallest absolute Gasteiger partial charge is 0.0465 e. The number of hydrogen-bond acceptors (Lipinski definition) is 1. The van der Waals surface area contributed by atoms with Crippen molar-refractivity contribution in [2.45, 2.75) is 25.9 Å². The van der Waals surface area contributed by atoms with Gasteiger partial charge in [-0.2, -0.15) is 0 Å². The lowest BCUT2D eigenvalue weighted by atomic mass is 10.0. The molecule has 2 rings (SSSR count). The highest BCUT2D eigenvalue weighted by atomic mass is 35.5. The van der Waals surface area contributed by atoms with Gasteiger partial charge in [-0.25, -0.2) is 0 Å². The van der Waals surface area contributed by atoms with Gasteiger partial charge in [-0.3, -0.25) is 0 Å². The first-order valence-electron chi connectivity index (χ1n) is 6.43. The van der Waals surface area contributed by atoms with Crippen molar-refractivity contribution in [2.24, 2.45) is 0 Å². The second kappa shape index (κ2) is 6.95. The number of halogens is 2. The molecular weight excluding hydrogens is 277 g/mol. The highest BCUT2D eigenvalue weighted by molar-refractivity contribution is 6.35. The molecule has 0 heterocycles. The van der Waals surface area contributed by atoms with Crippen molar-refractivity contribution in [2.75, 3.05) is 0 Å². The van der Waals surface area contributed by atoms with Crippen LogP contribution in [0.25, 0.3) is 0 Å². The van der Waals surface area contributed by atoms with Crippen LogP contribution in [0.5, 0.6) is 0 Å². The summed E-state index contributed by atoms with van der Waals surface area (Å²) in [5, 5.41) is 4.92. The largest absolute Gasteiger partial charge is 0.306 e. The Morgan fingerprint density at radius 2 is 1.79 bits per heavy atom. The van der Waals surface area contributed by atoms with Gasteiger partial charge < -0.3 is 5.32 Å². The molecule has 100 valence electrons. The first-order valence-corrected chi connectivity index (χ1v) is 7.18. The topological polar surface area (TPSA) is 12.0 Å². The van der Waals surface area contributed by atoms with E-state index in [0.717, 1.165) is 18.5 Å². The zero-order valence-corrected chi connectivity index (χ0v) is 12.4. The highest BCUT2D eigenvalue weighted by Crippen LogP contribution is 2.22. The lowest BCUT2D eigenvalue weighted by molar-refractivity contribution is 0.519. The fourth-order valence-corrected chi connectivity index (χ4v) is 2.56. The molecule has 0 aliphatic carbocycles. The van der Waals surface area contributed by atoms with E-state index in [1.54, 1.807) is 6.07 Å². The summed E-state index contributed by atoms with van der Waals surface area (Å²) in [5.74, 6) is 0. The van der Waals surface area contributed by atoms with E-state index in [1.807, 2.05) is 18.2 Å². The van der Waals surface area contributed by atoms with Crippen LogP contribution >= 0.6 is 23.2 Å². The Morgan fingerprint density at radius 3 is 2.42 bits per heavy atom. The molecule has 0 aromatic heterocycles. The first-order chi connectivity index (χ1) is 9.20. The molecule has 0 saturated heterocycles. The van der Waals surface area contributed by atoms with Crippen molar-refractivity contribution < 1.29 is 0 Å². The lowest BCUT2D eigenvalue weighted by Crippen LogP contribution is -2.20. The molecule has 3 heteroatoms. The minimum absolute atomic E-state index is 0.341. The lowest BCUT2D eigenvalue weighted by Gasteiger charge is -2.18. The van der Waals surface area contributed by atoms with Crippen molar-refractivity contribution in [3.8, 4) is 0 Å². The van der Waals surface area contributed by atoms with Crippen LogP contribution < -0.4 is 5.32 Å². The number of hydrogen-bond donors (Lipinski definition) is 1. The predicted octanol–water partition coefficient (Wildman–Crippen LogP) is 5.23. The summed E-state index contributed by atoms with van der Waals surface area (Å²) in [5.41, 5.74) is 2.37. The van der Waals surface area contributed by atoms with Gasteiger partial charge in [0.25, 0.3) is 0 Å². The predicted molar refractivity (Wildman–Crippen MR) is 82.8 cm³/mol. The third-order valence-corrected chi connectivity index (χ3v) is 3.75. The van der Waals surface area contributed by atoms with E-state index in [9.17, 15) is 0 Å². The molecule has 0 saturated carbocycles. The maximum atomic E-state index is 6.18. The van der Waals surface area contributed by atoms with Crippen molar-refractivity contribution in [1.82, 2.24) is 5.32 Å². The fourth-order valence-electron chi connectivity index (χ4n) is 2.08. The Bertz CT molecular complexity index is 526. The number of rotatable bonds is 5. The van der Waals surface area contributed by atoms with Crippen molar-refractivity contribution in [3.63, 3.8) is 0 Å². The van der Waals surface area contributed by atoms with Crippen LogP contribution in [0.2, 0.25) is 10.0 Å². The molecule has 0 amide bonds. The summed E-state index contributed by atoms with van der Waals surface area (Å²) in [6, 6.07) is 16.4. The van der Waals surface area contributed by atoms with Crippen LogP contribution in [0.4, 0.5) is 0 Å². The van der Waals surface area contributed by atoms with Crippen molar-refractivity contribution in [3.05, 3.63) is 69.7 Å². The van der Waals surface area contributed by atoms with Gasteiger partial charge in [0.15, 0.2) is 0 Å². The minimum Gasteiger partial charge on any atom is -0.306 e. The van der Waals surface area contributed by atoms with E-state index in [4.69, 9.17) is 23.2 Å². The van der Waals surface area contributed by atoms with Gasteiger partial charge in [-0.1, -0.05) is 66.5 Å². The molecule has 0 bridgehead atoms. The average molecular weight is 294 g/mol. The Labute approximate surface area is 124 Å². The van der Waals surface area contributed by atoms with E-state index in [2.05, 4.69) is 36.5 Å². The molecule has 0 aliphatic rings. The van der Waals surface area contributed by atoms with Gasteiger partial charge in [-0.05, 0) is 29.7 Å². The molecule has 1 N–H and O–H groups in total. The monoisotopic (exact) mass is 293 g/mol. The molecule has 0 fully saturated rings. The molecule has 19 heavy (non-hydrogen) atoms. The Hall–Kier alpha value is -1.02. The van der Waals surface area contributed by atoms with Gasteiger partial charge in [0.05, 0.1) is 0 Å². The first kappa shape index (κ1) is 14.4. The zero-order valence-electron chi connectivity index (χ0n) is 10.9. The summed E-state index contributed by atoms with van der Waals surface area (Å²) >= 11 is 12.1. The Kier molecular flexibility index (Phi) is 5.26. The van der Waals surface area contributed by atoms with Crippen LogP contribution in [-0.2, 0) is 6.54 Å². The maximum absolute atomic E-state index is 6.18. The number of nitrogens with one attached hydrogen (secondary N) is 1. The third kappa shape index (κ3) is 3.97. The second-order valence-electron chi connectivity index (χ2n) is 4.49. The summed E-state index contributed by atoms with van der Waals surface area (Å²) in [6.45, 7) is 2.91. The quantitative estimate of drug-likeness (QED) is 0.795. The van der Waals surface area contributed by atoms with Gasteiger partial charge in [0.1, 0.15) is 0 Å². The molecule has 2 aromatic rings. The van der Waals surface area contributed by atoms with Crippen molar-refractivity contribution in [1.29, 1.82) is 0 Å². The maximum Gasteiger partial charge on any atom is 0.0465 e.